The summed E-state index contributed by atoms with van der Waals surface area (Å²) in [6, 6.07) is 9.72. The van der Waals surface area contributed by atoms with Crippen LogP contribution in [0.2, 0.25) is 5.02 Å². The Morgan fingerprint density at radius 3 is 2.28 bits per heavy atom. The maximum atomic E-state index is 14.2. The molecule has 4 heterocycles. The van der Waals surface area contributed by atoms with E-state index in [2.05, 4.69) is 15.1 Å². The molecule has 6 rings (SSSR count). The van der Waals surface area contributed by atoms with Gasteiger partial charge in [-0.15, -0.1) is 0 Å². The number of carbonyl (C=O) groups excluding carboxylic acids is 4. The molecule has 0 bridgehead atoms. The van der Waals surface area contributed by atoms with E-state index in [-0.39, 0.29) is 54.2 Å². The predicted molar refractivity (Wildman–Crippen MR) is 222 cm³/mol. The SMILES string of the molecule is CN(C)CCCOC(=O)CCN1CCN(C2CCN(C(=O)C(Cc3cc(Cl)c(N)c(C(F)(F)F)c3)OC(=O)N3CCC(N4CCc5ccccc5NC4=O)CC3)CC2)CC1. The number of halogens is 4. The molecule has 1 unspecified atom stereocenters. The van der Waals surface area contributed by atoms with Crippen molar-refractivity contribution in [3.05, 3.63) is 58.1 Å². The highest BCUT2D eigenvalue weighted by Crippen LogP contribution is 2.38. The number of likely N-dealkylation sites (tertiary alicyclic amines) is 2. The van der Waals surface area contributed by atoms with Gasteiger partial charge in [-0.05, 0) is 81.9 Å². The molecule has 2 aromatic carbocycles. The molecule has 18 heteroatoms. The summed E-state index contributed by atoms with van der Waals surface area (Å²) in [5, 5.41) is 2.68. The Morgan fingerprint density at radius 2 is 1.60 bits per heavy atom. The number of anilines is 2. The molecule has 0 radical (unpaired) electrons. The summed E-state index contributed by atoms with van der Waals surface area (Å²) < 4.78 is 53.0. The Balaban J connectivity index is 1.03. The standard InChI is InChI=1S/C42H58ClF3N8O6/c1-49(2)14-5-25-59-37(55)13-15-50-21-23-51(24-22-50)31-9-16-52(17-10-31)39(56)36(28-29-26-33(42(44,45)46)38(47)34(43)27-29)60-41(58)53-18-11-32(12-19-53)54-20-8-30-6-3-4-7-35(30)48-40(54)57/h3-4,6-7,26-27,31-32,36H,5,8-25,28,47H2,1-2H3,(H,48,57). The zero-order valence-electron chi connectivity index (χ0n) is 34.6. The number of rotatable bonds is 13. The number of piperidine rings is 2. The highest BCUT2D eigenvalue weighted by atomic mass is 35.5. The summed E-state index contributed by atoms with van der Waals surface area (Å²) in [5.41, 5.74) is 5.85. The minimum atomic E-state index is -4.79. The Hall–Kier alpha value is -4.32. The number of nitrogens with two attached hydrogens (primary N) is 1. The molecule has 60 heavy (non-hydrogen) atoms. The average molecular weight is 863 g/mol. The lowest BCUT2D eigenvalue weighted by atomic mass is 9.99. The molecule has 0 saturated carbocycles. The number of nitrogen functional groups attached to an aromatic ring is 1. The van der Waals surface area contributed by atoms with Crippen LogP contribution in [0.1, 0.15) is 55.2 Å². The van der Waals surface area contributed by atoms with E-state index in [0.717, 1.165) is 56.5 Å². The minimum Gasteiger partial charge on any atom is -0.466 e. The van der Waals surface area contributed by atoms with Crippen LogP contribution >= 0.6 is 11.6 Å². The fourth-order valence-electron chi connectivity index (χ4n) is 8.61. The number of hydrogen-bond donors (Lipinski definition) is 2. The number of amides is 4. The number of ether oxygens (including phenoxy) is 2. The Bertz CT molecular complexity index is 1810. The van der Waals surface area contributed by atoms with E-state index in [1.54, 1.807) is 9.80 Å². The van der Waals surface area contributed by atoms with Crippen molar-refractivity contribution < 1.29 is 41.8 Å². The number of benzene rings is 2. The molecule has 14 nitrogen and oxygen atoms in total. The van der Waals surface area contributed by atoms with E-state index in [4.69, 9.17) is 26.8 Å². The molecule has 4 aliphatic rings. The molecule has 0 aromatic heterocycles. The third kappa shape index (κ3) is 11.9. The molecule has 330 valence electrons. The van der Waals surface area contributed by atoms with Crippen molar-refractivity contribution in [2.24, 2.45) is 0 Å². The van der Waals surface area contributed by atoms with Gasteiger partial charge in [0, 0.05) is 96.2 Å². The quantitative estimate of drug-likeness (QED) is 0.160. The van der Waals surface area contributed by atoms with Crippen molar-refractivity contribution in [3.8, 4) is 0 Å². The van der Waals surface area contributed by atoms with Crippen molar-refractivity contribution in [2.45, 2.75) is 75.7 Å². The average Bonchev–Trinajstić information content (AvgIpc) is 3.40. The second-order valence-corrected chi connectivity index (χ2v) is 16.8. The van der Waals surface area contributed by atoms with Crippen LogP contribution in [-0.2, 0) is 38.1 Å². The third-order valence-corrected chi connectivity index (χ3v) is 12.4. The summed E-state index contributed by atoms with van der Waals surface area (Å²) >= 11 is 6.15. The van der Waals surface area contributed by atoms with Crippen molar-refractivity contribution in [1.29, 1.82) is 0 Å². The van der Waals surface area contributed by atoms with Gasteiger partial charge in [-0.3, -0.25) is 14.5 Å². The molecular weight excluding hydrogens is 805 g/mol. The van der Waals surface area contributed by atoms with Gasteiger partial charge < -0.3 is 45.0 Å². The van der Waals surface area contributed by atoms with Crippen molar-refractivity contribution in [1.82, 2.24) is 29.4 Å². The van der Waals surface area contributed by atoms with Crippen LogP contribution in [-0.4, -0.2) is 164 Å². The van der Waals surface area contributed by atoms with Crippen molar-refractivity contribution in [2.75, 3.05) is 104 Å². The fourth-order valence-corrected chi connectivity index (χ4v) is 8.85. The molecular formula is C42H58ClF3N8O6. The van der Waals surface area contributed by atoms with E-state index < -0.39 is 35.5 Å². The van der Waals surface area contributed by atoms with Gasteiger partial charge in [0.15, 0.2) is 6.10 Å². The van der Waals surface area contributed by atoms with Crippen LogP contribution in [0.3, 0.4) is 0 Å². The maximum absolute atomic E-state index is 14.2. The van der Waals surface area contributed by atoms with Crippen LogP contribution in [0, 0.1) is 0 Å². The van der Waals surface area contributed by atoms with Gasteiger partial charge in [0.25, 0.3) is 5.91 Å². The van der Waals surface area contributed by atoms with Gasteiger partial charge in [0.05, 0.1) is 29.3 Å². The summed E-state index contributed by atoms with van der Waals surface area (Å²) in [6.45, 7) is 7.04. The number of alkyl halides is 3. The largest absolute Gasteiger partial charge is 0.466 e. The molecule has 1 atom stereocenters. The number of hydrogen-bond acceptors (Lipinski definition) is 10. The first kappa shape index (κ1) is 45.2. The van der Waals surface area contributed by atoms with Crippen LogP contribution in [0.25, 0.3) is 0 Å². The summed E-state index contributed by atoms with van der Waals surface area (Å²) in [4.78, 5) is 64.9. The van der Waals surface area contributed by atoms with Gasteiger partial charge >= 0.3 is 24.3 Å². The molecule has 4 aliphatic heterocycles. The summed E-state index contributed by atoms with van der Waals surface area (Å²) in [5.74, 6) is -0.676. The number of piperazine rings is 1. The normalized spacial score (nSPS) is 19.4. The molecule has 3 N–H and O–H groups in total. The maximum Gasteiger partial charge on any atom is 0.418 e. The number of nitrogens with one attached hydrogen (secondary N) is 1. The van der Waals surface area contributed by atoms with Crippen LogP contribution in [0.5, 0.6) is 0 Å². The van der Waals surface area contributed by atoms with Gasteiger partial charge in [-0.2, -0.15) is 13.2 Å². The molecule has 2 aromatic rings. The lowest BCUT2D eigenvalue weighted by molar-refractivity contribution is -0.144. The van der Waals surface area contributed by atoms with Crippen molar-refractivity contribution in [3.63, 3.8) is 0 Å². The van der Waals surface area contributed by atoms with Gasteiger partial charge in [-0.25, -0.2) is 9.59 Å². The number of urea groups is 1. The Kier molecular flexibility index (Phi) is 15.4. The number of fused-ring (bicyclic) bond motifs is 1. The Morgan fingerprint density at radius 1 is 0.933 bits per heavy atom. The zero-order chi connectivity index (χ0) is 43.0. The minimum absolute atomic E-state index is 0.0601. The summed E-state index contributed by atoms with van der Waals surface area (Å²) in [6.07, 6.45) is -3.10. The highest BCUT2D eigenvalue weighted by Gasteiger charge is 2.38. The van der Waals surface area contributed by atoms with E-state index in [1.807, 2.05) is 43.3 Å². The monoisotopic (exact) mass is 862 g/mol. The lowest BCUT2D eigenvalue weighted by Gasteiger charge is -2.43. The van der Waals surface area contributed by atoms with Gasteiger partial charge in [0.2, 0.25) is 0 Å². The van der Waals surface area contributed by atoms with E-state index in [1.165, 1.54) is 11.0 Å². The second kappa shape index (κ2) is 20.5. The first-order valence-corrected chi connectivity index (χ1v) is 21.4. The highest BCUT2D eigenvalue weighted by molar-refractivity contribution is 6.33. The lowest BCUT2D eigenvalue weighted by Crippen LogP contribution is -2.55. The topological polar surface area (TPSA) is 144 Å². The molecule has 0 spiro atoms. The number of nitrogens with zero attached hydrogens (tertiary/aromatic N) is 6. The van der Waals surface area contributed by atoms with Gasteiger partial charge in [-0.1, -0.05) is 29.8 Å². The fraction of sp³-hybridized carbons (Fsp3) is 0.619. The Labute approximate surface area is 355 Å². The number of carbonyl (C=O) groups is 4. The first-order valence-electron chi connectivity index (χ1n) is 21.0. The summed E-state index contributed by atoms with van der Waals surface area (Å²) in [7, 11) is 3.96. The number of para-hydroxylation sites is 1. The van der Waals surface area contributed by atoms with Crippen molar-refractivity contribution >= 4 is 47.0 Å². The molecule has 4 amide bonds. The van der Waals surface area contributed by atoms with E-state index in [9.17, 15) is 32.3 Å². The predicted octanol–water partition coefficient (Wildman–Crippen LogP) is 5.04. The van der Waals surface area contributed by atoms with Crippen LogP contribution < -0.4 is 11.1 Å². The van der Waals surface area contributed by atoms with Crippen LogP contribution in [0.15, 0.2) is 36.4 Å². The first-order chi connectivity index (χ1) is 28.7. The zero-order valence-corrected chi connectivity index (χ0v) is 35.3. The molecule has 3 fully saturated rings. The molecule has 0 aliphatic carbocycles. The smallest absolute Gasteiger partial charge is 0.418 e. The second-order valence-electron chi connectivity index (χ2n) is 16.4. The van der Waals surface area contributed by atoms with E-state index >= 15 is 0 Å². The van der Waals surface area contributed by atoms with E-state index in [0.29, 0.717) is 71.3 Å². The van der Waals surface area contributed by atoms with Crippen LogP contribution in [0.4, 0.5) is 34.1 Å². The van der Waals surface area contributed by atoms with Gasteiger partial charge in [0.1, 0.15) is 0 Å². The third-order valence-electron chi connectivity index (χ3n) is 12.1. The molecule has 3 saturated heterocycles. The number of esters is 1.